The van der Waals surface area contributed by atoms with E-state index in [4.69, 9.17) is 18.0 Å². The number of hydrogen-bond acceptors (Lipinski definition) is 2. The van der Waals surface area contributed by atoms with Crippen LogP contribution in [0.2, 0.25) is 25.3 Å². The molecule has 0 aromatic heterocycles. The molecule has 0 atom stereocenters. The van der Waals surface area contributed by atoms with E-state index in [9.17, 15) is 0 Å². The van der Waals surface area contributed by atoms with Crippen LogP contribution in [-0.4, -0.2) is 25.0 Å². The molecule has 0 N–H and O–H groups in total. The van der Waals surface area contributed by atoms with Crippen LogP contribution in [0.25, 0.3) is 0 Å². The van der Waals surface area contributed by atoms with E-state index in [-0.39, 0.29) is 0 Å². The summed E-state index contributed by atoms with van der Waals surface area (Å²) < 4.78 is 26.1. The van der Waals surface area contributed by atoms with Crippen molar-refractivity contribution in [1.82, 2.24) is 0 Å². The van der Waals surface area contributed by atoms with E-state index >= 15 is 0 Å². The Kier molecular flexibility index (Phi) is 6.28. The Labute approximate surface area is 168 Å². The lowest BCUT2D eigenvalue weighted by Gasteiger charge is -2.31. The Hall–Kier alpha value is -2.49. The minimum atomic E-state index is -1.65. The third kappa shape index (κ3) is 4.16. The first-order valence-electron chi connectivity index (χ1n) is 10.5. The minimum Gasteiger partial charge on any atom is -0.516 e. The predicted octanol–water partition coefficient (Wildman–Crippen LogP) is 5.75. The second-order valence-electron chi connectivity index (χ2n) is 7.51. The fourth-order valence-electron chi connectivity index (χ4n) is 3.55. The summed E-state index contributed by atoms with van der Waals surface area (Å²) in [6.07, 6.45) is 2.87. The summed E-state index contributed by atoms with van der Waals surface area (Å²) >= 11 is 0. The summed E-state index contributed by atoms with van der Waals surface area (Å²) in [5.74, 6) is 1.00. The Morgan fingerprint density at radius 2 is 0.893 bits per heavy atom. The van der Waals surface area contributed by atoms with Crippen LogP contribution in [0.5, 0.6) is 0 Å². The topological polar surface area (TPSA) is 41.1 Å². The zero-order valence-electron chi connectivity index (χ0n) is 17.4. The molecule has 1 aliphatic rings. The normalized spacial score (nSPS) is 18.0. The third-order valence-corrected chi connectivity index (χ3v) is 5.79. The molecule has 0 amide bonds. The number of benzene rings is 2. The van der Waals surface area contributed by atoms with Gasteiger partial charge in [-0.3, -0.25) is 0 Å². The van der Waals surface area contributed by atoms with Gasteiger partial charge in [0.15, 0.2) is 0 Å². The average Bonchev–Trinajstić information content (AvgIpc) is 2.76. The molecule has 0 saturated carbocycles. The predicted molar refractivity (Wildman–Crippen MR) is 117 cm³/mol. The lowest BCUT2D eigenvalue weighted by atomic mass is 9.51. The molecule has 2 aromatic rings. The van der Waals surface area contributed by atoms with Crippen molar-refractivity contribution >= 4 is 25.0 Å². The Morgan fingerprint density at radius 1 is 0.571 bits per heavy atom. The van der Waals surface area contributed by atoms with E-state index in [1.807, 2.05) is 60.7 Å². The Morgan fingerprint density at radius 3 is 1.18 bits per heavy atom. The molecular formula is C22H30B2O4. The van der Waals surface area contributed by atoms with Crippen molar-refractivity contribution in [3.63, 3.8) is 0 Å². The standard InChI is InChI=1S/C22H30B2O4/c1-5-23(6-2)25-21(19-15-11-9-12-16-19)27-24(7-3,8-4)28-22(26-23)20-17-13-10-14-18-20/h9-18H,5-8H2,1-4H3. The van der Waals surface area contributed by atoms with Gasteiger partial charge in [-0.15, -0.1) is 0 Å². The van der Waals surface area contributed by atoms with E-state index in [1.165, 1.54) is 0 Å². The Balaban J connectivity index is 2.17. The molecule has 6 heteroatoms. The first-order valence-corrected chi connectivity index (χ1v) is 10.5. The number of rotatable bonds is 6. The Bertz CT molecular complexity index is 755. The molecule has 0 radical (unpaired) electrons. The van der Waals surface area contributed by atoms with Crippen LogP contribution in [0.3, 0.4) is 0 Å². The zero-order valence-corrected chi connectivity index (χ0v) is 17.4. The van der Waals surface area contributed by atoms with Crippen LogP contribution >= 0.6 is 0 Å². The monoisotopic (exact) mass is 380 g/mol. The summed E-state index contributed by atoms with van der Waals surface area (Å²) in [5.41, 5.74) is 1.80. The van der Waals surface area contributed by atoms with Gasteiger partial charge in [0.1, 0.15) is 11.1 Å². The van der Waals surface area contributed by atoms with Crippen molar-refractivity contribution in [3.05, 3.63) is 71.8 Å². The highest BCUT2D eigenvalue weighted by molar-refractivity contribution is 6.70. The van der Waals surface area contributed by atoms with Crippen LogP contribution in [0.4, 0.5) is 0 Å². The van der Waals surface area contributed by atoms with Gasteiger partial charge in [-0.05, 0) is 49.5 Å². The van der Waals surface area contributed by atoms with Gasteiger partial charge in [-0.25, -0.2) is 0 Å². The highest BCUT2D eigenvalue weighted by Gasteiger charge is 2.51. The molecule has 0 aliphatic carbocycles. The third-order valence-electron chi connectivity index (χ3n) is 5.79. The number of carbonyl (C=O) groups excluding carboxylic acids is 2. The van der Waals surface area contributed by atoms with Crippen LogP contribution in [0.1, 0.15) is 47.5 Å². The maximum atomic E-state index is 6.52. The maximum absolute atomic E-state index is 6.52. The van der Waals surface area contributed by atoms with Gasteiger partial charge in [0, 0.05) is 0 Å². The van der Waals surface area contributed by atoms with Crippen molar-refractivity contribution in [3.8, 4) is 0 Å². The first kappa shape index (κ1) is 20.2. The lowest BCUT2D eigenvalue weighted by Crippen LogP contribution is -2.48. The van der Waals surface area contributed by atoms with Gasteiger partial charge in [-0.1, -0.05) is 64.1 Å². The summed E-state index contributed by atoms with van der Waals surface area (Å²) in [6.45, 7) is 5.02. The molecule has 3 rings (SSSR count). The summed E-state index contributed by atoms with van der Waals surface area (Å²) in [7, 11) is 0. The molecular weight excluding hydrogens is 350 g/mol. The van der Waals surface area contributed by atoms with Crippen LogP contribution in [0, 0.1) is 0 Å². The fraction of sp³-hybridized carbons (Fsp3) is 0.364. The van der Waals surface area contributed by atoms with Crippen molar-refractivity contribution in [2.24, 2.45) is 0 Å². The quantitative estimate of drug-likeness (QED) is 0.473. The molecule has 2 aromatic carbocycles. The van der Waals surface area contributed by atoms with Gasteiger partial charge in [0.25, 0.3) is 0 Å². The summed E-state index contributed by atoms with van der Waals surface area (Å²) in [4.78, 5) is 0. The molecule has 148 valence electrons. The highest BCUT2D eigenvalue weighted by Crippen LogP contribution is 2.29. The number of hydrogen-bond donors (Lipinski definition) is 0. The molecule has 0 saturated heterocycles. The fourth-order valence-corrected chi connectivity index (χ4v) is 3.55. The first-order chi connectivity index (χ1) is 13.6. The van der Waals surface area contributed by atoms with Gasteiger partial charge in [0.2, 0.25) is 0 Å². The van der Waals surface area contributed by atoms with Gasteiger partial charge >= 0.3 is 25.0 Å². The van der Waals surface area contributed by atoms with Crippen molar-refractivity contribution in [2.45, 2.75) is 53.0 Å². The minimum absolute atomic E-state index is 0.500. The largest absolute Gasteiger partial charge is 0.595 e. The maximum Gasteiger partial charge on any atom is 0.595 e. The molecule has 0 fully saturated rings. The van der Waals surface area contributed by atoms with E-state index < -0.39 is 13.1 Å². The summed E-state index contributed by atoms with van der Waals surface area (Å²) in [5, 5.41) is 0. The summed E-state index contributed by atoms with van der Waals surface area (Å²) in [6, 6.07) is 19.9. The van der Waals surface area contributed by atoms with Gasteiger partial charge < -0.3 is 18.0 Å². The molecule has 0 bridgehead atoms. The molecule has 0 spiro atoms. The average molecular weight is 380 g/mol. The van der Waals surface area contributed by atoms with Crippen LogP contribution < -0.4 is 0 Å². The molecule has 1 heterocycles. The van der Waals surface area contributed by atoms with E-state index in [0.717, 1.165) is 11.1 Å². The SMILES string of the molecule is CC[B-]1(CC)OC(c2ccccc2)=[O+][B-](CC)(CC)OC(c2ccccc2)=[O+]1. The molecule has 0 unspecified atom stereocenters. The van der Waals surface area contributed by atoms with Crippen molar-refractivity contribution in [1.29, 1.82) is 0 Å². The van der Waals surface area contributed by atoms with E-state index in [2.05, 4.69) is 27.7 Å². The smallest absolute Gasteiger partial charge is 0.516 e. The van der Waals surface area contributed by atoms with Crippen LogP contribution in [-0.2, 0) is 9.31 Å². The lowest BCUT2D eigenvalue weighted by molar-refractivity contribution is -0.200. The highest BCUT2D eigenvalue weighted by atomic mass is 16.7. The zero-order chi connectivity index (χ0) is 20.0. The second-order valence-corrected chi connectivity index (χ2v) is 7.51. The van der Waals surface area contributed by atoms with Gasteiger partial charge in [-0.2, -0.15) is 0 Å². The molecule has 1 aliphatic heterocycles. The van der Waals surface area contributed by atoms with Gasteiger partial charge in [0.05, 0.1) is 0 Å². The van der Waals surface area contributed by atoms with E-state index in [0.29, 0.717) is 37.2 Å². The second kappa shape index (κ2) is 8.68. The van der Waals surface area contributed by atoms with E-state index in [1.54, 1.807) is 0 Å². The van der Waals surface area contributed by atoms with Crippen molar-refractivity contribution < 1.29 is 18.0 Å². The molecule has 28 heavy (non-hydrogen) atoms. The molecule has 4 nitrogen and oxygen atoms in total. The van der Waals surface area contributed by atoms with Crippen molar-refractivity contribution in [2.75, 3.05) is 0 Å². The van der Waals surface area contributed by atoms with Crippen LogP contribution in [0.15, 0.2) is 60.7 Å².